The highest BCUT2D eigenvalue weighted by atomic mass is 16.5. The van der Waals surface area contributed by atoms with Gasteiger partial charge in [0, 0.05) is 26.1 Å². The van der Waals surface area contributed by atoms with Crippen LogP contribution in [-0.2, 0) is 4.74 Å². The second-order valence-corrected chi connectivity index (χ2v) is 4.92. The summed E-state index contributed by atoms with van der Waals surface area (Å²) in [5.41, 5.74) is 2.63. The van der Waals surface area contributed by atoms with Crippen molar-refractivity contribution < 1.29 is 4.74 Å². The first-order valence-corrected chi connectivity index (χ1v) is 7.38. The van der Waals surface area contributed by atoms with Crippen LogP contribution in [0, 0.1) is 0 Å². The number of ether oxygens (including phenoxy) is 1. The van der Waals surface area contributed by atoms with E-state index in [0.29, 0.717) is 5.92 Å². The third-order valence-electron chi connectivity index (χ3n) is 3.39. The predicted molar refractivity (Wildman–Crippen MR) is 88.6 cm³/mol. The van der Waals surface area contributed by atoms with Gasteiger partial charge in [-0.15, -0.1) is 0 Å². The topological polar surface area (TPSA) is 21.3 Å². The minimum Gasteiger partial charge on any atom is -0.383 e. The number of allylic oxidation sites excluding steroid dienone is 1. The minimum atomic E-state index is 0.302. The third kappa shape index (κ3) is 5.18. The van der Waals surface area contributed by atoms with Crippen molar-refractivity contribution in [1.82, 2.24) is 5.32 Å². The number of benzene rings is 2. The summed E-state index contributed by atoms with van der Waals surface area (Å²) >= 11 is 0. The van der Waals surface area contributed by atoms with Crippen LogP contribution >= 0.6 is 0 Å². The summed E-state index contributed by atoms with van der Waals surface area (Å²) in [6, 6.07) is 21.2. The molecule has 0 atom stereocenters. The Balaban J connectivity index is 2.05. The maximum absolute atomic E-state index is 5.02. The summed E-state index contributed by atoms with van der Waals surface area (Å²) < 4.78 is 5.02. The third-order valence-corrected chi connectivity index (χ3v) is 3.39. The fourth-order valence-electron chi connectivity index (χ4n) is 2.30. The fraction of sp³-hybridized carbons (Fsp3) is 0.263. The number of hydrogen-bond donors (Lipinski definition) is 1. The van der Waals surface area contributed by atoms with Gasteiger partial charge in [0.05, 0.1) is 6.61 Å². The molecule has 2 rings (SSSR count). The summed E-state index contributed by atoms with van der Waals surface area (Å²) in [5, 5.41) is 3.33. The zero-order valence-electron chi connectivity index (χ0n) is 12.5. The van der Waals surface area contributed by atoms with Crippen LogP contribution in [-0.4, -0.2) is 26.8 Å². The molecule has 0 saturated carbocycles. The summed E-state index contributed by atoms with van der Waals surface area (Å²) in [7, 11) is 1.72. The van der Waals surface area contributed by atoms with Gasteiger partial charge in [0.25, 0.3) is 0 Å². The van der Waals surface area contributed by atoms with E-state index in [0.717, 1.165) is 19.7 Å². The van der Waals surface area contributed by atoms with Crippen LogP contribution < -0.4 is 5.32 Å². The SMILES string of the molecule is COCCNC/C=C/C(c1ccccc1)c1ccccc1. The van der Waals surface area contributed by atoms with Crippen molar-refractivity contribution in [3.63, 3.8) is 0 Å². The second kappa shape index (κ2) is 9.11. The van der Waals surface area contributed by atoms with E-state index in [2.05, 4.69) is 78.1 Å². The van der Waals surface area contributed by atoms with Crippen LogP contribution in [0.3, 0.4) is 0 Å². The van der Waals surface area contributed by atoms with Crippen LogP contribution in [0.5, 0.6) is 0 Å². The molecule has 2 nitrogen and oxygen atoms in total. The van der Waals surface area contributed by atoms with Gasteiger partial charge in [-0.3, -0.25) is 0 Å². The summed E-state index contributed by atoms with van der Waals surface area (Å²) in [5.74, 6) is 0.302. The Kier molecular flexibility index (Phi) is 6.72. The van der Waals surface area contributed by atoms with Crippen molar-refractivity contribution in [3.8, 4) is 0 Å². The highest BCUT2D eigenvalue weighted by molar-refractivity contribution is 5.36. The summed E-state index contributed by atoms with van der Waals surface area (Å²) in [6.07, 6.45) is 4.46. The normalized spacial score (nSPS) is 11.3. The van der Waals surface area contributed by atoms with Gasteiger partial charge < -0.3 is 10.1 Å². The summed E-state index contributed by atoms with van der Waals surface area (Å²) in [4.78, 5) is 0. The van der Waals surface area contributed by atoms with Crippen LogP contribution in [0.4, 0.5) is 0 Å². The van der Waals surface area contributed by atoms with Crippen molar-refractivity contribution in [2.24, 2.45) is 0 Å². The second-order valence-electron chi connectivity index (χ2n) is 4.92. The van der Waals surface area contributed by atoms with E-state index < -0.39 is 0 Å². The van der Waals surface area contributed by atoms with Crippen molar-refractivity contribution in [1.29, 1.82) is 0 Å². The molecule has 0 unspecified atom stereocenters. The predicted octanol–water partition coefficient (Wildman–Crippen LogP) is 3.61. The van der Waals surface area contributed by atoms with Crippen LogP contribution in [0.2, 0.25) is 0 Å². The molecule has 0 amide bonds. The molecule has 0 heterocycles. The zero-order valence-corrected chi connectivity index (χ0v) is 12.5. The van der Waals surface area contributed by atoms with Gasteiger partial charge in [0.15, 0.2) is 0 Å². The van der Waals surface area contributed by atoms with E-state index in [1.54, 1.807) is 7.11 Å². The Labute approximate surface area is 127 Å². The lowest BCUT2D eigenvalue weighted by Gasteiger charge is -2.14. The Bertz CT molecular complexity index is 482. The number of rotatable bonds is 8. The first-order chi connectivity index (χ1) is 10.4. The first-order valence-electron chi connectivity index (χ1n) is 7.38. The largest absolute Gasteiger partial charge is 0.383 e. The van der Waals surface area contributed by atoms with Crippen LogP contribution in [0.1, 0.15) is 17.0 Å². The average Bonchev–Trinajstić information content (AvgIpc) is 2.56. The van der Waals surface area contributed by atoms with Crippen molar-refractivity contribution in [2.45, 2.75) is 5.92 Å². The Morgan fingerprint density at radius 3 is 2.05 bits per heavy atom. The van der Waals surface area contributed by atoms with Crippen LogP contribution in [0.25, 0.3) is 0 Å². The van der Waals surface area contributed by atoms with E-state index in [1.807, 2.05) is 0 Å². The molecule has 0 aliphatic heterocycles. The molecule has 0 radical (unpaired) electrons. The smallest absolute Gasteiger partial charge is 0.0587 e. The maximum atomic E-state index is 5.02. The molecule has 1 N–H and O–H groups in total. The molecule has 21 heavy (non-hydrogen) atoms. The van der Waals surface area contributed by atoms with E-state index in [1.165, 1.54) is 11.1 Å². The Morgan fingerprint density at radius 2 is 1.52 bits per heavy atom. The standard InChI is InChI=1S/C19H23NO/c1-21-16-15-20-14-8-13-19(17-9-4-2-5-10-17)18-11-6-3-7-12-18/h2-13,19-20H,14-16H2,1H3/b13-8+. The molecule has 0 aliphatic carbocycles. The molecule has 2 aromatic carbocycles. The van der Waals surface area contributed by atoms with Gasteiger partial charge >= 0.3 is 0 Å². The van der Waals surface area contributed by atoms with E-state index >= 15 is 0 Å². The molecular weight excluding hydrogens is 258 g/mol. The monoisotopic (exact) mass is 281 g/mol. The minimum absolute atomic E-state index is 0.302. The molecule has 0 aromatic heterocycles. The highest BCUT2D eigenvalue weighted by Crippen LogP contribution is 2.25. The molecule has 2 aromatic rings. The van der Waals surface area contributed by atoms with Gasteiger partial charge in [-0.25, -0.2) is 0 Å². The lowest BCUT2D eigenvalue weighted by molar-refractivity contribution is 0.200. The van der Waals surface area contributed by atoms with Crippen molar-refractivity contribution >= 4 is 0 Å². The quantitative estimate of drug-likeness (QED) is 0.589. The van der Waals surface area contributed by atoms with Gasteiger partial charge in [-0.1, -0.05) is 72.8 Å². The molecule has 0 spiro atoms. The highest BCUT2D eigenvalue weighted by Gasteiger charge is 2.09. The molecule has 2 heteroatoms. The fourth-order valence-corrected chi connectivity index (χ4v) is 2.30. The van der Waals surface area contributed by atoms with E-state index in [4.69, 9.17) is 4.74 Å². The molecule has 110 valence electrons. The molecule has 0 aliphatic rings. The lowest BCUT2D eigenvalue weighted by atomic mass is 9.91. The zero-order chi connectivity index (χ0) is 14.8. The molecule has 0 saturated heterocycles. The Hall–Kier alpha value is -1.90. The van der Waals surface area contributed by atoms with E-state index in [-0.39, 0.29) is 0 Å². The molecular formula is C19H23NO. The van der Waals surface area contributed by atoms with Gasteiger partial charge in [0.1, 0.15) is 0 Å². The van der Waals surface area contributed by atoms with Crippen LogP contribution in [0.15, 0.2) is 72.8 Å². The maximum Gasteiger partial charge on any atom is 0.0587 e. The number of methoxy groups -OCH3 is 1. The summed E-state index contributed by atoms with van der Waals surface area (Å²) in [6.45, 7) is 2.48. The van der Waals surface area contributed by atoms with E-state index in [9.17, 15) is 0 Å². The number of nitrogens with one attached hydrogen (secondary N) is 1. The Morgan fingerprint density at radius 1 is 0.952 bits per heavy atom. The number of hydrogen-bond acceptors (Lipinski definition) is 2. The van der Waals surface area contributed by atoms with Gasteiger partial charge in [0.2, 0.25) is 0 Å². The molecule has 0 bridgehead atoms. The average molecular weight is 281 g/mol. The van der Waals surface area contributed by atoms with Gasteiger partial charge in [-0.05, 0) is 11.1 Å². The van der Waals surface area contributed by atoms with Crippen molar-refractivity contribution in [3.05, 3.63) is 83.9 Å². The lowest BCUT2D eigenvalue weighted by Crippen LogP contribution is -2.19. The van der Waals surface area contributed by atoms with Crippen molar-refractivity contribution in [2.75, 3.05) is 26.8 Å². The first kappa shape index (κ1) is 15.5. The molecule has 0 fully saturated rings. The van der Waals surface area contributed by atoms with Gasteiger partial charge in [-0.2, -0.15) is 0 Å².